The summed E-state index contributed by atoms with van der Waals surface area (Å²) in [6.07, 6.45) is 6.05. The van der Waals surface area contributed by atoms with Crippen molar-refractivity contribution in [3.05, 3.63) is 23.4 Å². The van der Waals surface area contributed by atoms with Crippen LogP contribution in [0, 0.1) is 0 Å². The van der Waals surface area contributed by atoms with Crippen molar-refractivity contribution in [1.29, 1.82) is 0 Å². The number of aryl methyl sites for hydroxylation is 1. The molecule has 1 aromatic heterocycles. The molecular weight excluding hydrogens is 246 g/mol. The van der Waals surface area contributed by atoms with Gasteiger partial charge in [-0.3, -0.25) is 0 Å². The van der Waals surface area contributed by atoms with E-state index in [4.69, 9.17) is 4.98 Å². The third-order valence-corrected chi connectivity index (χ3v) is 3.77. The number of aromatic nitrogens is 1. The van der Waals surface area contributed by atoms with Crippen LogP contribution in [0.15, 0.2) is 12.1 Å². The van der Waals surface area contributed by atoms with Crippen LogP contribution in [0.4, 0.5) is 5.82 Å². The van der Waals surface area contributed by atoms with Gasteiger partial charge in [0.15, 0.2) is 0 Å². The molecule has 20 heavy (non-hydrogen) atoms. The molecule has 1 aliphatic carbocycles. The number of rotatable bonds is 9. The van der Waals surface area contributed by atoms with Crippen molar-refractivity contribution in [1.82, 2.24) is 10.3 Å². The monoisotopic (exact) mass is 275 g/mol. The highest BCUT2D eigenvalue weighted by Crippen LogP contribution is 2.21. The Hall–Kier alpha value is -1.09. The second-order valence-electron chi connectivity index (χ2n) is 5.82. The standard InChI is InChI=1S/C17H29N3/c1-4-9-20(10-5-2)17-12-14(11-15(6-3)19-17)13-18-16-7-8-16/h11-12,16,18H,4-10,13H2,1-3H3. The quantitative estimate of drug-likeness (QED) is 0.747. The summed E-state index contributed by atoms with van der Waals surface area (Å²) < 4.78 is 0. The van der Waals surface area contributed by atoms with Crippen LogP contribution in [0.25, 0.3) is 0 Å². The van der Waals surface area contributed by atoms with Crippen LogP contribution in [0.2, 0.25) is 0 Å². The molecule has 1 N–H and O–H groups in total. The lowest BCUT2D eigenvalue weighted by Crippen LogP contribution is -2.26. The highest BCUT2D eigenvalue weighted by atomic mass is 15.2. The number of pyridine rings is 1. The van der Waals surface area contributed by atoms with Crippen LogP contribution in [-0.4, -0.2) is 24.1 Å². The van der Waals surface area contributed by atoms with Crippen LogP contribution in [-0.2, 0) is 13.0 Å². The molecule has 1 saturated carbocycles. The largest absolute Gasteiger partial charge is 0.357 e. The number of nitrogens with one attached hydrogen (secondary N) is 1. The second kappa shape index (κ2) is 7.63. The van der Waals surface area contributed by atoms with E-state index in [0.29, 0.717) is 0 Å². The summed E-state index contributed by atoms with van der Waals surface area (Å²) in [6.45, 7) is 9.85. The van der Waals surface area contributed by atoms with E-state index in [1.165, 1.54) is 42.8 Å². The Bertz CT molecular complexity index is 407. The van der Waals surface area contributed by atoms with Crippen LogP contribution in [0.1, 0.15) is 57.7 Å². The molecule has 112 valence electrons. The van der Waals surface area contributed by atoms with E-state index in [9.17, 15) is 0 Å². The number of hydrogen-bond donors (Lipinski definition) is 1. The molecule has 0 spiro atoms. The van der Waals surface area contributed by atoms with Crippen LogP contribution in [0.5, 0.6) is 0 Å². The molecule has 3 nitrogen and oxygen atoms in total. The van der Waals surface area contributed by atoms with Gasteiger partial charge in [-0.1, -0.05) is 20.8 Å². The Labute approximate surface area is 123 Å². The Morgan fingerprint density at radius 3 is 2.40 bits per heavy atom. The van der Waals surface area contributed by atoms with Crippen molar-refractivity contribution in [3.8, 4) is 0 Å². The van der Waals surface area contributed by atoms with E-state index in [1.807, 2.05) is 0 Å². The molecule has 0 aromatic carbocycles. The zero-order valence-electron chi connectivity index (χ0n) is 13.3. The molecule has 0 amide bonds. The van der Waals surface area contributed by atoms with Gasteiger partial charge in [0, 0.05) is 31.4 Å². The number of nitrogens with zero attached hydrogens (tertiary/aromatic N) is 2. The summed E-state index contributed by atoms with van der Waals surface area (Å²) in [6, 6.07) is 5.30. The zero-order chi connectivity index (χ0) is 14.4. The van der Waals surface area contributed by atoms with Crippen molar-refractivity contribution in [2.45, 2.75) is 65.5 Å². The average Bonchev–Trinajstić information content (AvgIpc) is 3.29. The van der Waals surface area contributed by atoms with Gasteiger partial charge in [0.1, 0.15) is 5.82 Å². The van der Waals surface area contributed by atoms with Crippen molar-refractivity contribution >= 4 is 5.82 Å². The summed E-state index contributed by atoms with van der Waals surface area (Å²) in [5.41, 5.74) is 2.60. The Morgan fingerprint density at radius 2 is 1.85 bits per heavy atom. The van der Waals surface area contributed by atoms with Gasteiger partial charge in [0.05, 0.1) is 0 Å². The minimum Gasteiger partial charge on any atom is -0.357 e. The van der Waals surface area contributed by atoms with E-state index in [1.54, 1.807) is 0 Å². The van der Waals surface area contributed by atoms with Gasteiger partial charge in [-0.2, -0.15) is 0 Å². The van der Waals surface area contributed by atoms with Gasteiger partial charge < -0.3 is 10.2 Å². The Kier molecular flexibility index (Phi) is 5.84. The van der Waals surface area contributed by atoms with Gasteiger partial charge in [0.25, 0.3) is 0 Å². The van der Waals surface area contributed by atoms with E-state index in [-0.39, 0.29) is 0 Å². The highest BCUT2D eigenvalue weighted by molar-refractivity contribution is 5.43. The van der Waals surface area contributed by atoms with Crippen LogP contribution >= 0.6 is 0 Å². The van der Waals surface area contributed by atoms with E-state index in [2.05, 4.69) is 43.1 Å². The fourth-order valence-electron chi connectivity index (χ4n) is 2.51. The first-order chi connectivity index (χ1) is 9.76. The molecule has 1 fully saturated rings. The molecule has 0 radical (unpaired) electrons. The number of hydrogen-bond acceptors (Lipinski definition) is 3. The molecule has 2 rings (SSSR count). The summed E-state index contributed by atoms with van der Waals surface area (Å²) >= 11 is 0. The molecule has 1 aliphatic rings. The van der Waals surface area contributed by atoms with E-state index >= 15 is 0 Å². The first-order valence-corrected chi connectivity index (χ1v) is 8.25. The SMILES string of the molecule is CCCN(CCC)c1cc(CNC2CC2)cc(CC)n1. The average molecular weight is 275 g/mol. The third-order valence-electron chi connectivity index (χ3n) is 3.77. The fourth-order valence-corrected chi connectivity index (χ4v) is 2.51. The maximum atomic E-state index is 4.83. The minimum absolute atomic E-state index is 0.763. The highest BCUT2D eigenvalue weighted by Gasteiger charge is 2.20. The molecular formula is C17H29N3. The lowest BCUT2D eigenvalue weighted by Gasteiger charge is -2.24. The molecule has 3 heteroatoms. The first kappa shape index (κ1) is 15.3. The summed E-state index contributed by atoms with van der Waals surface area (Å²) in [5, 5.41) is 3.61. The predicted molar refractivity (Wildman–Crippen MR) is 86.3 cm³/mol. The maximum absolute atomic E-state index is 4.83. The second-order valence-corrected chi connectivity index (χ2v) is 5.82. The Morgan fingerprint density at radius 1 is 1.15 bits per heavy atom. The van der Waals surface area contributed by atoms with Crippen LogP contribution < -0.4 is 10.2 Å². The molecule has 0 unspecified atom stereocenters. The predicted octanol–water partition coefficient (Wildman–Crippen LogP) is 3.52. The molecule has 1 heterocycles. The molecule has 0 saturated heterocycles. The molecule has 0 bridgehead atoms. The van der Waals surface area contributed by atoms with Gasteiger partial charge in [-0.05, 0) is 49.8 Å². The van der Waals surface area contributed by atoms with Crippen molar-refractivity contribution < 1.29 is 0 Å². The summed E-state index contributed by atoms with van der Waals surface area (Å²) in [7, 11) is 0. The maximum Gasteiger partial charge on any atom is 0.129 e. The van der Waals surface area contributed by atoms with Crippen molar-refractivity contribution in [2.24, 2.45) is 0 Å². The normalized spacial score (nSPS) is 14.6. The van der Waals surface area contributed by atoms with Gasteiger partial charge in [0.2, 0.25) is 0 Å². The van der Waals surface area contributed by atoms with Crippen LogP contribution in [0.3, 0.4) is 0 Å². The lowest BCUT2D eigenvalue weighted by atomic mass is 10.1. The third kappa shape index (κ3) is 4.48. The smallest absolute Gasteiger partial charge is 0.129 e. The fraction of sp³-hybridized carbons (Fsp3) is 0.706. The van der Waals surface area contributed by atoms with E-state index < -0.39 is 0 Å². The van der Waals surface area contributed by atoms with Gasteiger partial charge >= 0.3 is 0 Å². The number of anilines is 1. The Balaban J connectivity index is 2.13. The zero-order valence-corrected chi connectivity index (χ0v) is 13.3. The minimum atomic E-state index is 0.763. The van der Waals surface area contributed by atoms with E-state index in [0.717, 1.165) is 32.1 Å². The lowest BCUT2D eigenvalue weighted by molar-refractivity contribution is 0.682. The van der Waals surface area contributed by atoms with Crippen molar-refractivity contribution in [3.63, 3.8) is 0 Å². The summed E-state index contributed by atoms with van der Waals surface area (Å²) in [4.78, 5) is 7.26. The molecule has 1 aromatic rings. The van der Waals surface area contributed by atoms with Crippen molar-refractivity contribution in [2.75, 3.05) is 18.0 Å². The topological polar surface area (TPSA) is 28.2 Å². The first-order valence-electron chi connectivity index (χ1n) is 8.25. The molecule has 0 aliphatic heterocycles. The van der Waals surface area contributed by atoms with Gasteiger partial charge in [-0.25, -0.2) is 4.98 Å². The molecule has 0 atom stereocenters. The van der Waals surface area contributed by atoms with Gasteiger partial charge in [-0.15, -0.1) is 0 Å². The summed E-state index contributed by atoms with van der Waals surface area (Å²) in [5.74, 6) is 1.17.